The molecule has 2 aromatic heterocycles. The number of carbonyl (C=O) groups excluding carboxylic acids is 1. The lowest BCUT2D eigenvalue weighted by molar-refractivity contribution is -0.115. The number of carbonyl (C=O) groups is 1. The molecule has 3 aromatic rings. The maximum Gasteiger partial charge on any atom is 0.232 e. The van der Waals surface area contributed by atoms with Crippen molar-refractivity contribution in [3.05, 3.63) is 27.6 Å². The number of imidazole rings is 1. The number of rotatable bonds is 7. The lowest BCUT2D eigenvalue weighted by Crippen LogP contribution is -2.13. The normalized spacial score (nSPS) is 10.8. The topological polar surface area (TPSA) is 100 Å². The van der Waals surface area contributed by atoms with Gasteiger partial charge >= 0.3 is 0 Å². The Balaban J connectivity index is 2.07. The van der Waals surface area contributed by atoms with Crippen LogP contribution in [0.5, 0.6) is 17.2 Å². The van der Waals surface area contributed by atoms with Gasteiger partial charge in [-0.3, -0.25) is 10.1 Å². The first-order valence-electron chi connectivity index (χ1n) is 8.59. The molecule has 0 aliphatic rings. The zero-order chi connectivity index (χ0) is 21.1. The van der Waals surface area contributed by atoms with Crippen LogP contribution in [0.2, 0.25) is 5.15 Å². The number of nitrogens with one attached hydrogen (secondary N) is 1. The third kappa shape index (κ3) is 4.08. The largest absolute Gasteiger partial charge is 0.493 e. The van der Waals surface area contributed by atoms with Gasteiger partial charge in [-0.05, 0) is 27.6 Å². The Labute approximate surface area is 180 Å². The number of methoxy groups -OCH3 is 3. The SMILES string of the molecule is CCC(=O)Nc1nc(Cl)c2ncn(Cc3cc(OC)c(OC)c(OC)c3Br)c2n1. The number of ether oxygens (including phenoxy) is 3. The first-order chi connectivity index (χ1) is 13.9. The maximum atomic E-state index is 11.7. The minimum atomic E-state index is -0.209. The van der Waals surface area contributed by atoms with Gasteiger partial charge in [0.1, 0.15) is 5.52 Å². The number of amides is 1. The molecule has 0 saturated carbocycles. The summed E-state index contributed by atoms with van der Waals surface area (Å²) in [5, 5.41) is 2.77. The van der Waals surface area contributed by atoms with E-state index >= 15 is 0 Å². The van der Waals surface area contributed by atoms with Crippen molar-refractivity contribution in [1.82, 2.24) is 19.5 Å². The van der Waals surface area contributed by atoms with E-state index in [-0.39, 0.29) is 17.0 Å². The summed E-state index contributed by atoms with van der Waals surface area (Å²) < 4.78 is 18.8. The summed E-state index contributed by atoms with van der Waals surface area (Å²) in [6, 6.07) is 1.83. The highest BCUT2D eigenvalue weighted by Crippen LogP contribution is 2.45. The van der Waals surface area contributed by atoms with E-state index in [9.17, 15) is 4.79 Å². The van der Waals surface area contributed by atoms with Crippen LogP contribution in [0.15, 0.2) is 16.9 Å². The molecule has 29 heavy (non-hydrogen) atoms. The van der Waals surface area contributed by atoms with Crippen molar-refractivity contribution in [2.45, 2.75) is 19.9 Å². The Bertz CT molecular complexity index is 1070. The van der Waals surface area contributed by atoms with Crippen molar-refractivity contribution in [2.24, 2.45) is 0 Å². The van der Waals surface area contributed by atoms with Crippen molar-refractivity contribution in [3.8, 4) is 17.2 Å². The Hall–Kier alpha value is -2.59. The predicted molar refractivity (Wildman–Crippen MR) is 112 cm³/mol. The van der Waals surface area contributed by atoms with E-state index in [1.807, 2.05) is 6.07 Å². The van der Waals surface area contributed by atoms with Crippen LogP contribution in [0.3, 0.4) is 0 Å². The van der Waals surface area contributed by atoms with Gasteiger partial charge in [0.25, 0.3) is 0 Å². The quantitative estimate of drug-likeness (QED) is 0.511. The molecule has 154 valence electrons. The molecule has 2 heterocycles. The molecule has 0 bridgehead atoms. The Morgan fingerprint density at radius 2 is 1.93 bits per heavy atom. The van der Waals surface area contributed by atoms with E-state index in [1.54, 1.807) is 39.1 Å². The van der Waals surface area contributed by atoms with Crippen LogP contribution in [-0.4, -0.2) is 46.8 Å². The molecular formula is C18H19BrClN5O4. The summed E-state index contributed by atoms with van der Waals surface area (Å²) in [4.78, 5) is 24.5. The van der Waals surface area contributed by atoms with Gasteiger partial charge in [0.2, 0.25) is 17.6 Å². The minimum absolute atomic E-state index is 0.125. The van der Waals surface area contributed by atoms with Crippen LogP contribution in [0.1, 0.15) is 18.9 Å². The van der Waals surface area contributed by atoms with E-state index in [1.165, 1.54) is 0 Å². The average Bonchev–Trinajstić information content (AvgIpc) is 3.11. The van der Waals surface area contributed by atoms with Gasteiger partial charge in [-0.2, -0.15) is 9.97 Å². The fourth-order valence-corrected chi connectivity index (χ4v) is 3.56. The average molecular weight is 485 g/mol. The zero-order valence-corrected chi connectivity index (χ0v) is 18.6. The number of hydrogen-bond acceptors (Lipinski definition) is 7. The van der Waals surface area contributed by atoms with Crippen LogP contribution in [0.4, 0.5) is 5.95 Å². The fourth-order valence-electron chi connectivity index (χ4n) is 2.76. The smallest absolute Gasteiger partial charge is 0.232 e. The van der Waals surface area contributed by atoms with Crippen LogP contribution >= 0.6 is 27.5 Å². The van der Waals surface area contributed by atoms with Crippen LogP contribution in [-0.2, 0) is 11.3 Å². The summed E-state index contributed by atoms with van der Waals surface area (Å²) in [5.74, 6) is 1.43. The van der Waals surface area contributed by atoms with Crippen molar-refractivity contribution < 1.29 is 19.0 Å². The molecule has 11 heteroatoms. The first kappa shape index (κ1) is 21.1. The van der Waals surface area contributed by atoms with Gasteiger partial charge in [-0.1, -0.05) is 18.5 Å². The number of fused-ring (bicyclic) bond motifs is 1. The maximum absolute atomic E-state index is 11.7. The number of aromatic nitrogens is 4. The molecule has 0 spiro atoms. The molecule has 1 aromatic carbocycles. The molecule has 0 fully saturated rings. The van der Waals surface area contributed by atoms with E-state index in [0.29, 0.717) is 45.9 Å². The fraction of sp³-hybridized carbons (Fsp3) is 0.333. The summed E-state index contributed by atoms with van der Waals surface area (Å²) in [6.45, 7) is 2.12. The highest BCUT2D eigenvalue weighted by molar-refractivity contribution is 9.10. The Morgan fingerprint density at radius 1 is 1.21 bits per heavy atom. The predicted octanol–water partition coefficient (Wildman–Crippen LogP) is 3.66. The van der Waals surface area contributed by atoms with Gasteiger partial charge in [-0.15, -0.1) is 0 Å². The Morgan fingerprint density at radius 3 is 2.55 bits per heavy atom. The molecule has 3 rings (SSSR count). The molecule has 0 unspecified atom stereocenters. The third-order valence-electron chi connectivity index (χ3n) is 4.18. The van der Waals surface area contributed by atoms with E-state index < -0.39 is 0 Å². The van der Waals surface area contributed by atoms with Crippen molar-refractivity contribution in [3.63, 3.8) is 0 Å². The number of hydrogen-bond donors (Lipinski definition) is 1. The zero-order valence-electron chi connectivity index (χ0n) is 16.2. The minimum Gasteiger partial charge on any atom is -0.493 e. The molecule has 9 nitrogen and oxygen atoms in total. The van der Waals surface area contributed by atoms with Gasteiger partial charge in [0.05, 0.1) is 38.7 Å². The van der Waals surface area contributed by atoms with Gasteiger partial charge in [0, 0.05) is 6.42 Å². The van der Waals surface area contributed by atoms with Crippen molar-refractivity contribution in [1.29, 1.82) is 0 Å². The van der Waals surface area contributed by atoms with Crippen LogP contribution in [0.25, 0.3) is 11.2 Å². The van der Waals surface area contributed by atoms with Gasteiger partial charge in [0.15, 0.2) is 22.3 Å². The second-order valence-corrected chi connectivity index (χ2v) is 7.05. The highest BCUT2D eigenvalue weighted by Gasteiger charge is 2.20. The molecule has 0 aliphatic carbocycles. The second-order valence-electron chi connectivity index (χ2n) is 5.90. The number of anilines is 1. The monoisotopic (exact) mass is 483 g/mol. The van der Waals surface area contributed by atoms with Crippen molar-refractivity contribution >= 4 is 50.6 Å². The summed E-state index contributed by atoms with van der Waals surface area (Å²) in [7, 11) is 4.65. The molecule has 1 amide bonds. The van der Waals surface area contributed by atoms with Crippen molar-refractivity contribution in [2.75, 3.05) is 26.6 Å². The lowest BCUT2D eigenvalue weighted by Gasteiger charge is -2.17. The highest BCUT2D eigenvalue weighted by atomic mass is 79.9. The summed E-state index contributed by atoms with van der Waals surface area (Å²) in [5.41, 5.74) is 1.76. The van der Waals surface area contributed by atoms with Gasteiger partial charge in [-0.25, -0.2) is 4.98 Å². The first-order valence-corrected chi connectivity index (χ1v) is 9.76. The van der Waals surface area contributed by atoms with Crippen LogP contribution < -0.4 is 19.5 Å². The molecule has 1 N–H and O–H groups in total. The van der Waals surface area contributed by atoms with Gasteiger partial charge < -0.3 is 18.8 Å². The summed E-state index contributed by atoms with van der Waals surface area (Å²) >= 11 is 9.79. The van der Waals surface area contributed by atoms with E-state index in [4.69, 9.17) is 25.8 Å². The molecule has 0 radical (unpaired) electrons. The number of benzene rings is 1. The van der Waals surface area contributed by atoms with Crippen LogP contribution in [0, 0.1) is 0 Å². The molecule has 0 aliphatic heterocycles. The lowest BCUT2D eigenvalue weighted by atomic mass is 10.1. The standard InChI is InChI=1S/C18H19BrClN5O4/c1-5-11(26)22-18-23-16(20)13-17(24-18)25(8-21-13)7-9-6-10(27-2)14(28-3)15(29-4)12(9)19/h6,8H,5,7H2,1-4H3,(H,22,23,24,26). The molecular weight excluding hydrogens is 466 g/mol. The number of nitrogens with zero attached hydrogens (tertiary/aromatic N) is 4. The van der Waals surface area contributed by atoms with E-state index in [2.05, 4.69) is 36.2 Å². The number of halogens is 2. The Kier molecular flexibility index (Phi) is 6.43. The summed E-state index contributed by atoms with van der Waals surface area (Å²) in [6.07, 6.45) is 1.91. The van der Waals surface area contributed by atoms with E-state index in [0.717, 1.165) is 5.56 Å². The third-order valence-corrected chi connectivity index (χ3v) is 5.31. The second kappa shape index (κ2) is 8.83. The molecule has 0 atom stereocenters. The molecule has 0 saturated heterocycles.